The summed E-state index contributed by atoms with van der Waals surface area (Å²) >= 11 is 0. The molecule has 0 spiro atoms. The lowest BCUT2D eigenvalue weighted by atomic mass is 10.1. The first kappa shape index (κ1) is 16.4. The summed E-state index contributed by atoms with van der Waals surface area (Å²) in [5, 5.41) is 5.66. The summed E-state index contributed by atoms with van der Waals surface area (Å²) < 4.78 is 42.5. The standard InChI is InChI=1S/C12H13F3N2O2.ClH/c1-2-19-11(18)10-6-16-9-5-7(12(13,14)15)3-4-8(9)17-10;/h3-5,10,16-17H,2,6H2,1H3;1H. The molecule has 2 N–H and O–H groups in total. The lowest BCUT2D eigenvalue weighted by Gasteiger charge is -2.27. The molecule has 112 valence electrons. The number of benzene rings is 1. The van der Waals surface area contributed by atoms with Crippen LogP contribution in [0.3, 0.4) is 0 Å². The number of halogens is 4. The lowest BCUT2D eigenvalue weighted by molar-refractivity contribution is -0.143. The number of fused-ring (bicyclic) bond motifs is 1. The molecule has 0 aromatic heterocycles. The maximum absolute atomic E-state index is 12.5. The van der Waals surface area contributed by atoms with Gasteiger partial charge in [-0.25, -0.2) is 4.79 Å². The van der Waals surface area contributed by atoms with Crippen LogP contribution < -0.4 is 10.6 Å². The Morgan fingerprint density at radius 2 is 2.10 bits per heavy atom. The second-order valence-corrected chi connectivity index (χ2v) is 4.09. The first-order chi connectivity index (χ1) is 8.91. The van der Waals surface area contributed by atoms with E-state index in [0.29, 0.717) is 11.4 Å². The van der Waals surface area contributed by atoms with E-state index in [1.165, 1.54) is 6.07 Å². The Morgan fingerprint density at radius 3 is 2.70 bits per heavy atom. The second kappa shape index (κ2) is 6.21. The highest BCUT2D eigenvalue weighted by Gasteiger charge is 2.32. The average molecular weight is 311 g/mol. The van der Waals surface area contributed by atoms with Gasteiger partial charge in [0.05, 0.1) is 23.5 Å². The van der Waals surface area contributed by atoms with Crippen molar-refractivity contribution in [1.29, 1.82) is 0 Å². The first-order valence-corrected chi connectivity index (χ1v) is 5.80. The van der Waals surface area contributed by atoms with Crippen molar-refractivity contribution in [2.24, 2.45) is 0 Å². The van der Waals surface area contributed by atoms with Crippen molar-refractivity contribution >= 4 is 29.8 Å². The number of hydrogen-bond donors (Lipinski definition) is 2. The van der Waals surface area contributed by atoms with Crippen molar-refractivity contribution in [2.75, 3.05) is 23.8 Å². The molecular formula is C12H14ClF3N2O2. The third-order valence-electron chi connectivity index (χ3n) is 2.74. The van der Waals surface area contributed by atoms with Crippen molar-refractivity contribution in [1.82, 2.24) is 0 Å². The monoisotopic (exact) mass is 310 g/mol. The number of esters is 1. The van der Waals surface area contributed by atoms with Crippen LogP contribution in [0.4, 0.5) is 24.5 Å². The van der Waals surface area contributed by atoms with E-state index in [2.05, 4.69) is 10.6 Å². The van der Waals surface area contributed by atoms with Gasteiger partial charge in [0.2, 0.25) is 0 Å². The van der Waals surface area contributed by atoms with Crippen molar-refractivity contribution in [2.45, 2.75) is 19.1 Å². The van der Waals surface area contributed by atoms with E-state index in [-0.39, 0.29) is 25.6 Å². The number of rotatable bonds is 2. The van der Waals surface area contributed by atoms with Gasteiger partial charge in [0.25, 0.3) is 0 Å². The van der Waals surface area contributed by atoms with Gasteiger partial charge in [0.15, 0.2) is 0 Å². The van der Waals surface area contributed by atoms with Gasteiger partial charge in [0.1, 0.15) is 6.04 Å². The summed E-state index contributed by atoms with van der Waals surface area (Å²) in [6.07, 6.45) is -4.38. The van der Waals surface area contributed by atoms with Crippen molar-refractivity contribution in [3.8, 4) is 0 Å². The Morgan fingerprint density at radius 1 is 1.40 bits per heavy atom. The van der Waals surface area contributed by atoms with Crippen LogP contribution in [0.5, 0.6) is 0 Å². The van der Waals surface area contributed by atoms with Gasteiger partial charge in [-0.2, -0.15) is 13.2 Å². The zero-order chi connectivity index (χ0) is 14.0. The summed E-state index contributed by atoms with van der Waals surface area (Å²) in [4.78, 5) is 11.5. The van der Waals surface area contributed by atoms with Gasteiger partial charge in [-0.3, -0.25) is 0 Å². The van der Waals surface area contributed by atoms with Crippen LogP contribution in [0.15, 0.2) is 18.2 Å². The molecule has 1 aromatic rings. The highest BCUT2D eigenvalue weighted by atomic mass is 35.5. The van der Waals surface area contributed by atoms with E-state index in [4.69, 9.17) is 4.74 Å². The Kier molecular flexibility index (Phi) is 5.10. The smallest absolute Gasteiger partial charge is 0.416 e. The highest BCUT2D eigenvalue weighted by molar-refractivity contribution is 5.85. The minimum atomic E-state index is -4.38. The normalized spacial score (nSPS) is 17.1. The maximum atomic E-state index is 12.5. The van der Waals surface area contributed by atoms with E-state index in [0.717, 1.165) is 12.1 Å². The lowest BCUT2D eigenvalue weighted by Crippen LogP contribution is -2.40. The minimum Gasteiger partial charge on any atom is -0.464 e. The van der Waals surface area contributed by atoms with Gasteiger partial charge >= 0.3 is 12.1 Å². The van der Waals surface area contributed by atoms with Crippen LogP contribution in [0.25, 0.3) is 0 Å². The molecule has 2 rings (SSSR count). The molecule has 1 heterocycles. The largest absolute Gasteiger partial charge is 0.464 e. The van der Waals surface area contributed by atoms with Gasteiger partial charge in [-0.05, 0) is 25.1 Å². The highest BCUT2D eigenvalue weighted by Crippen LogP contribution is 2.35. The predicted octanol–water partition coefficient (Wildman–Crippen LogP) is 2.90. The van der Waals surface area contributed by atoms with Gasteiger partial charge in [-0.1, -0.05) is 0 Å². The summed E-state index contributed by atoms with van der Waals surface area (Å²) in [6, 6.07) is 2.70. The molecule has 0 saturated carbocycles. The van der Waals surface area contributed by atoms with Gasteiger partial charge in [0, 0.05) is 6.54 Å². The predicted molar refractivity (Wildman–Crippen MR) is 71.2 cm³/mol. The Hall–Kier alpha value is -1.63. The minimum absolute atomic E-state index is 0. The molecule has 1 atom stereocenters. The molecule has 0 aliphatic carbocycles. The number of anilines is 2. The Balaban J connectivity index is 0.00000200. The fourth-order valence-corrected chi connectivity index (χ4v) is 1.83. The van der Waals surface area contributed by atoms with E-state index in [1.807, 2.05) is 0 Å². The molecule has 0 saturated heterocycles. The molecule has 0 radical (unpaired) electrons. The van der Waals surface area contributed by atoms with E-state index in [9.17, 15) is 18.0 Å². The number of carbonyl (C=O) groups excluding carboxylic acids is 1. The fraction of sp³-hybridized carbons (Fsp3) is 0.417. The maximum Gasteiger partial charge on any atom is 0.416 e. The molecule has 1 unspecified atom stereocenters. The summed E-state index contributed by atoms with van der Waals surface area (Å²) in [5.41, 5.74) is 0.0582. The Bertz CT molecular complexity index is 494. The summed E-state index contributed by atoms with van der Waals surface area (Å²) in [7, 11) is 0. The van der Waals surface area contributed by atoms with Crippen LogP contribution in [-0.4, -0.2) is 25.2 Å². The van der Waals surface area contributed by atoms with Crippen LogP contribution in [0.1, 0.15) is 12.5 Å². The quantitative estimate of drug-likeness (QED) is 0.825. The van der Waals surface area contributed by atoms with Crippen LogP contribution in [0.2, 0.25) is 0 Å². The Labute approximate surface area is 120 Å². The van der Waals surface area contributed by atoms with Gasteiger partial charge in [-0.15, -0.1) is 12.4 Å². The molecule has 0 bridgehead atoms. The summed E-state index contributed by atoms with van der Waals surface area (Å²) in [6.45, 7) is 2.14. The third-order valence-corrected chi connectivity index (χ3v) is 2.74. The fourth-order valence-electron chi connectivity index (χ4n) is 1.83. The molecule has 20 heavy (non-hydrogen) atoms. The van der Waals surface area contributed by atoms with E-state index in [1.54, 1.807) is 6.92 Å². The molecule has 4 nitrogen and oxygen atoms in total. The van der Waals surface area contributed by atoms with Crippen molar-refractivity contribution < 1.29 is 22.7 Å². The molecule has 1 aliphatic rings. The van der Waals surface area contributed by atoms with Crippen LogP contribution in [-0.2, 0) is 15.7 Å². The number of alkyl halides is 3. The van der Waals surface area contributed by atoms with E-state index >= 15 is 0 Å². The topological polar surface area (TPSA) is 50.4 Å². The molecule has 0 amide bonds. The number of ether oxygens (including phenoxy) is 1. The molecule has 0 fully saturated rings. The molecular weight excluding hydrogens is 297 g/mol. The van der Waals surface area contributed by atoms with Crippen LogP contribution >= 0.6 is 12.4 Å². The molecule has 1 aliphatic heterocycles. The zero-order valence-corrected chi connectivity index (χ0v) is 11.4. The van der Waals surface area contributed by atoms with Gasteiger partial charge < -0.3 is 15.4 Å². The SMILES string of the molecule is CCOC(=O)C1CNc2cc(C(F)(F)F)ccc2N1.Cl. The number of hydrogen-bond acceptors (Lipinski definition) is 4. The average Bonchev–Trinajstić information content (AvgIpc) is 2.36. The van der Waals surface area contributed by atoms with Crippen LogP contribution in [0, 0.1) is 0 Å². The first-order valence-electron chi connectivity index (χ1n) is 5.80. The van der Waals surface area contributed by atoms with E-state index < -0.39 is 23.8 Å². The van der Waals surface area contributed by atoms with Crippen molar-refractivity contribution in [3.05, 3.63) is 23.8 Å². The number of nitrogens with one attached hydrogen (secondary N) is 2. The molecule has 8 heteroatoms. The summed E-state index contributed by atoms with van der Waals surface area (Å²) in [5.74, 6) is -0.430. The molecule has 1 aromatic carbocycles. The van der Waals surface area contributed by atoms with Crippen molar-refractivity contribution in [3.63, 3.8) is 0 Å². The number of carbonyl (C=O) groups is 1. The second-order valence-electron chi connectivity index (χ2n) is 4.09. The third kappa shape index (κ3) is 3.47. The zero-order valence-electron chi connectivity index (χ0n) is 10.6.